The van der Waals surface area contributed by atoms with Crippen LogP contribution in [0.1, 0.15) is 12.5 Å². The maximum absolute atomic E-state index is 13.3. The molecular formula is C19H21FN6O3. The number of hydrogen-bond donors (Lipinski definition) is 1. The van der Waals surface area contributed by atoms with Gasteiger partial charge in [-0.2, -0.15) is 4.98 Å². The summed E-state index contributed by atoms with van der Waals surface area (Å²) in [4.78, 5) is 46.9. The number of carbonyl (C=O) groups excluding carboxylic acids is 1. The Hall–Kier alpha value is -3.43. The Morgan fingerprint density at radius 1 is 1.14 bits per heavy atom. The van der Waals surface area contributed by atoms with E-state index in [0.717, 1.165) is 5.56 Å². The van der Waals surface area contributed by atoms with Gasteiger partial charge in [0.05, 0.1) is 6.54 Å². The van der Waals surface area contributed by atoms with Crippen LogP contribution in [0, 0.1) is 5.82 Å². The van der Waals surface area contributed by atoms with Crippen LogP contribution in [-0.2, 0) is 18.4 Å². The predicted octanol–water partition coefficient (Wildman–Crippen LogP) is 0.279. The first-order valence-corrected chi connectivity index (χ1v) is 9.29. The molecule has 1 saturated heterocycles. The molecule has 29 heavy (non-hydrogen) atoms. The van der Waals surface area contributed by atoms with Crippen LogP contribution in [0.15, 0.2) is 33.9 Å². The van der Waals surface area contributed by atoms with Crippen LogP contribution < -0.4 is 16.1 Å². The van der Waals surface area contributed by atoms with Crippen molar-refractivity contribution in [2.24, 2.45) is 7.05 Å². The summed E-state index contributed by atoms with van der Waals surface area (Å²) in [6.07, 6.45) is 0. The van der Waals surface area contributed by atoms with E-state index in [4.69, 9.17) is 0 Å². The average Bonchev–Trinajstić information content (AvgIpc) is 3.08. The summed E-state index contributed by atoms with van der Waals surface area (Å²) in [5.74, 6) is 0.215. The fourth-order valence-electron chi connectivity index (χ4n) is 3.61. The maximum atomic E-state index is 13.3. The fourth-order valence-corrected chi connectivity index (χ4v) is 3.61. The molecule has 0 radical (unpaired) electrons. The van der Waals surface area contributed by atoms with Gasteiger partial charge in [0.15, 0.2) is 11.2 Å². The lowest BCUT2D eigenvalue weighted by atomic mass is 10.2. The molecule has 10 heteroatoms. The summed E-state index contributed by atoms with van der Waals surface area (Å²) in [5.41, 5.74) is 0.293. The molecule has 0 saturated carbocycles. The van der Waals surface area contributed by atoms with Crippen molar-refractivity contribution >= 4 is 23.0 Å². The van der Waals surface area contributed by atoms with Crippen molar-refractivity contribution in [3.63, 3.8) is 0 Å². The number of imidazole rings is 1. The molecule has 1 aliphatic rings. The van der Waals surface area contributed by atoms with Gasteiger partial charge in [-0.25, -0.2) is 9.18 Å². The summed E-state index contributed by atoms with van der Waals surface area (Å²) >= 11 is 0. The molecule has 1 aromatic carbocycles. The molecule has 1 N–H and O–H groups in total. The zero-order chi connectivity index (χ0) is 20.7. The number of aromatic nitrogens is 4. The first-order chi connectivity index (χ1) is 13.8. The predicted molar refractivity (Wildman–Crippen MR) is 106 cm³/mol. The number of halogens is 1. The minimum Gasteiger partial charge on any atom is -0.339 e. The van der Waals surface area contributed by atoms with Crippen LogP contribution in [0.3, 0.4) is 0 Å². The first kappa shape index (κ1) is 18.9. The van der Waals surface area contributed by atoms with Crippen LogP contribution in [-0.4, -0.2) is 56.1 Å². The smallest absolute Gasteiger partial charge is 0.329 e. The van der Waals surface area contributed by atoms with Crippen molar-refractivity contribution in [1.82, 2.24) is 24.0 Å². The van der Waals surface area contributed by atoms with Crippen LogP contribution in [0.2, 0.25) is 0 Å². The average molecular weight is 400 g/mol. The number of piperazine rings is 1. The Kier molecular flexibility index (Phi) is 4.69. The lowest BCUT2D eigenvalue weighted by Crippen LogP contribution is -2.48. The quantitative estimate of drug-likeness (QED) is 0.681. The van der Waals surface area contributed by atoms with Gasteiger partial charge in [-0.3, -0.25) is 23.7 Å². The second-order valence-corrected chi connectivity index (χ2v) is 7.11. The highest BCUT2D eigenvalue weighted by Gasteiger charge is 2.25. The Bertz CT molecular complexity index is 1190. The molecule has 0 unspecified atom stereocenters. The topological polar surface area (TPSA) is 96.2 Å². The van der Waals surface area contributed by atoms with Crippen molar-refractivity contribution in [1.29, 1.82) is 0 Å². The molecule has 4 rings (SSSR count). The Morgan fingerprint density at radius 3 is 2.41 bits per heavy atom. The highest BCUT2D eigenvalue weighted by atomic mass is 19.1. The molecule has 0 bridgehead atoms. The molecular weight excluding hydrogens is 379 g/mol. The van der Waals surface area contributed by atoms with Crippen molar-refractivity contribution < 1.29 is 9.18 Å². The van der Waals surface area contributed by atoms with Gasteiger partial charge in [-0.05, 0) is 17.7 Å². The molecule has 9 nitrogen and oxygen atoms in total. The zero-order valence-electron chi connectivity index (χ0n) is 16.2. The zero-order valence-corrected chi connectivity index (χ0v) is 16.2. The number of carbonyl (C=O) groups is 1. The SMILES string of the molecule is CC(=O)N1CCN(c2nc3c(c(=O)[nH]c(=O)n3C)n2Cc2ccc(F)cc2)CC1. The van der Waals surface area contributed by atoms with E-state index in [-0.39, 0.29) is 22.9 Å². The number of fused-ring (bicyclic) bond motifs is 1. The fraction of sp³-hybridized carbons (Fsp3) is 0.368. The third-order valence-electron chi connectivity index (χ3n) is 5.25. The van der Waals surface area contributed by atoms with Crippen LogP contribution in [0.25, 0.3) is 11.2 Å². The van der Waals surface area contributed by atoms with Gasteiger partial charge in [0.2, 0.25) is 11.9 Å². The normalized spacial score (nSPS) is 14.6. The second-order valence-electron chi connectivity index (χ2n) is 7.11. The molecule has 1 aliphatic heterocycles. The molecule has 1 fully saturated rings. The minimum atomic E-state index is -0.540. The van der Waals surface area contributed by atoms with Gasteiger partial charge in [-0.15, -0.1) is 0 Å². The minimum absolute atomic E-state index is 0.0170. The van der Waals surface area contributed by atoms with Crippen LogP contribution >= 0.6 is 0 Å². The van der Waals surface area contributed by atoms with Crippen molar-refractivity contribution in [3.05, 3.63) is 56.5 Å². The van der Waals surface area contributed by atoms with E-state index in [1.165, 1.54) is 23.6 Å². The number of hydrogen-bond acceptors (Lipinski definition) is 5. The van der Waals surface area contributed by atoms with Crippen molar-refractivity contribution in [2.75, 3.05) is 31.1 Å². The summed E-state index contributed by atoms with van der Waals surface area (Å²) < 4.78 is 16.3. The molecule has 0 spiro atoms. The summed E-state index contributed by atoms with van der Waals surface area (Å²) in [5, 5.41) is 0. The standard InChI is InChI=1S/C19H21FN6O3/c1-12(27)24-7-9-25(10-8-24)18-21-16-15(17(28)22-19(29)23(16)2)26(18)11-13-3-5-14(20)6-4-13/h3-6H,7-11H2,1-2H3,(H,22,28,29). The number of anilines is 1. The number of aromatic amines is 1. The third-order valence-corrected chi connectivity index (χ3v) is 5.25. The molecule has 152 valence electrons. The number of rotatable bonds is 3. The lowest BCUT2D eigenvalue weighted by Gasteiger charge is -2.35. The van der Waals surface area contributed by atoms with E-state index in [2.05, 4.69) is 9.97 Å². The highest BCUT2D eigenvalue weighted by molar-refractivity contribution is 5.75. The van der Waals surface area contributed by atoms with E-state index < -0.39 is 11.2 Å². The van der Waals surface area contributed by atoms with Gasteiger partial charge < -0.3 is 9.80 Å². The number of amides is 1. The van der Waals surface area contributed by atoms with Gasteiger partial charge in [0.1, 0.15) is 5.82 Å². The number of benzene rings is 1. The maximum Gasteiger partial charge on any atom is 0.329 e. The van der Waals surface area contributed by atoms with Crippen molar-refractivity contribution in [2.45, 2.75) is 13.5 Å². The molecule has 3 aromatic rings. The Morgan fingerprint density at radius 2 is 1.79 bits per heavy atom. The van der Waals surface area contributed by atoms with Crippen molar-refractivity contribution in [3.8, 4) is 0 Å². The summed E-state index contributed by atoms with van der Waals surface area (Å²) in [6, 6.07) is 6.02. The van der Waals surface area contributed by atoms with E-state index in [1.54, 1.807) is 28.6 Å². The van der Waals surface area contributed by atoms with Crippen LogP contribution in [0.5, 0.6) is 0 Å². The summed E-state index contributed by atoms with van der Waals surface area (Å²) in [6.45, 7) is 4.03. The monoisotopic (exact) mass is 400 g/mol. The Balaban J connectivity index is 1.82. The van der Waals surface area contributed by atoms with E-state index in [9.17, 15) is 18.8 Å². The van der Waals surface area contributed by atoms with Gasteiger partial charge >= 0.3 is 5.69 Å². The lowest BCUT2D eigenvalue weighted by molar-refractivity contribution is -0.129. The van der Waals surface area contributed by atoms with E-state index >= 15 is 0 Å². The summed E-state index contributed by atoms with van der Waals surface area (Å²) in [7, 11) is 1.55. The van der Waals surface area contributed by atoms with Crippen LogP contribution in [0.4, 0.5) is 10.3 Å². The number of nitrogens with zero attached hydrogens (tertiary/aromatic N) is 5. The van der Waals surface area contributed by atoms with Gasteiger partial charge in [0, 0.05) is 40.2 Å². The third kappa shape index (κ3) is 3.41. The van der Waals surface area contributed by atoms with Gasteiger partial charge in [0.25, 0.3) is 5.56 Å². The number of aryl methyl sites for hydroxylation is 1. The number of H-pyrrole nitrogens is 1. The first-order valence-electron chi connectivity index (χ1n) is 9.29. The molecule has 2 aromatic heterocycles. The molecule has 1 amide bonds. The highest BCUT2D eigenvalue weighted by Crippen LogP contribution is 2.22. The molecule has 0 aliphatic carbocycles. The Labute approximate surface area is 165 Å². The largest absolute Gasteiger partial charge is 0.339 e. The van der Waals surface area contributed by atoms with Gasteiger partial charge in [-0.1, -0.05) is 12.1 Å². The van der Waals surface area contributed by atoms with E-state index in [0.29, 0.717) is 38.7 Å². The second kappa shape index (κ2) is 7.19. The molecule has 0 atom stereocenters. The molecule has 3 heterocycles. The van der Waals surface area contributed by atoms with E-state index in [1.807, 2.05) is 4.90 Å². The number of nitrogens with one attached hydrogen (secondary N) is 1.